The van der Waals surface area contributed by atoms with Crippen LogP contribution >= 0.6 is 0 Å². The fraction of sp³-hybridized carbons (Fsp3) is 0.235. The van der Waals surface area contributed by atoms with Crippen molar-refractivity contribution in [3.63, 3.8) is 0 Å². The van der Waals surface area contributed by atoms with Crippen LogP contribution in [0.25, 0.3) is 11.1 Å². The highest BCUT2D eigenvalue weighted by atomic mass is 16.1. The lowest BCUT2D eigenvalue weighted by molar-refractivity contribution is 0.112. The highest BCUT2D eigenvalue weighted by molar-refractivity contribution is 5.81. The number of rotatable bonds is 3. The summed E-state index contributed by atoms with van der Waals surface area (Å²) in [6.07, 6.45) is 3.48. The third-order valence-corrected chi connectivity index (χ3v) is 3.67. The van der Waals surface area contributed by atoms with Crippen molar-refractivity contribution < 1.29 is 4.79 Å². The lowest BCUT2D eigenvalue weighted by atomic mass is 9.92. The van der Waals surface area contributed by atoms with Gasteiger partial charge in [-0.25, -0.2) is 0 Å². The summed E-state index contributed by atoms with van der Waals surface area (Å²) in [5.74, 6) is 0.695. The van der Waals surface area contributed by atoms with Crippen molar-refractivity contribution in [2.75, 3.05) is 0 Å². The van der Waals surface area contributed by atoms with Crippen LogP contribution in [0, 0.1) is 6.92 Å². The van der Waals surface area contributed by atoms with Crippen LogP contribution in [0.5, 0.6) is 0 Å². The number of carbonyl (C=O) groups is 1. The van der Waals surface area contributed by atoms with E-state index in [1.165, 1.54) is 35.1 Å². The fourth-order valence-corrected chi connectivity index (χ4v) is 2.51. The molecule has 0 N–H and O–H groups in total. The van der Waals surface area contributed by atoms with E-state index in [-0.39, 0.29) is 0 Å². The Hall–Kier alpha value is -1.89. The highest BCUT2D eigenvalue weighted by Crippen LogP contribution is 2.45. The van der Waals surface area contributed by atoms with E-state index in [9.17, 15) is 4.79 Å². The Labute approximate surface area is 107 Å². The standard InChI is InChI=1S/C17H16O/c1-12-4-2-3-5-15(12)17-10-13(11-18)6-9-16(17)14-7-8-14/h2-6,9-11,14H,7-8H2,1H3. The molecule has 18 heavy (non-hydrogen) atoms. The third kappa shape index (κ3) is 1.97. The first-order valence-corrected chi connectivity index (χ1v) is 6.44. The van der Waals surface area contributed by atoms with Gasteiger partial charge in [-0.05, 0) is 54.0 Å². The first-order valence-electron chi connectivity index (χ1n) is 6.44. The zero-order valence-corrected chi connectivity index (χ0v) is 10.5. The van der Waals surface area contributed by atoms with Crippen LogP contribution in [0.2, 0.25) is 0 Å². The number of aldehydes is 1. The quantitative estimate of drug-likeness (QED) is 0.724. The van der Waals surface area contributed by atoms with Crippen molar-refractivity contribution in [2.45, 2.75) is 25.7 Å². The molecular formula is C17H16O. The van der Waals surface area contributed by atoms with E-state index in [1.54, 1.807) is 0 Å². The minimum atomic E-state index is 0.695. The molecule has 0 aromatic heterocycles. The Balaban J connectivity index is 2.19. The van der Waals surface area contributed by atoms with Crippen LogP contribution in [0.15, 0.2) is 42.5 Å². The average molecular weight is 236 g/mol. The molecule has 1 saturated carbocycles. The molecule has 0 amide bonds. The van der Waals surface area contributed by atoms with Gasteiger partial charge in [-0.2, -0.15) is 0 Å². The topological polar surface area (TPSA) is 17.1 Å². The van der Waals surface area contributed by atoms with E-state index in [1.807, 2.05) is 12.1 Å². The Kier molecular flexibility index (Phi) is 2.75. The van der Waals surface area contributed by atoms with Gasteiger partial charge in [0, 0.05) is 5.56 Å². The largest absolute Gasteiger partial charge is 0.298 e. The maximum atomic E-state index is 11.0. The van der Waals surface area contributed by atoms with Crippen molar-refractivity contribution in [3.8, 4) is 11.1 Å². The van der Waals surface area contributed by atoms with Gasteiger partial charge < -0.3 is 0 Å². The Morgan fingerprint density at radius 1 is 1.06 bits per heavy atom. The molecule has 3 rings (SSSR count). The second kappa shape index (κ2) is 4.41. The molecule has 0 atom stereocenters. The number of benzene rings is 2. The molecular weight excluding hydrogens is 220 g/mol. The van der Waals surface area contributed by atoms with Crippen LogP contribution in [0.1, 0.15) is 40.2 Å². The molecule has 1 aliphatic rings. The molecule has 1 aliphatic carbocycles. The average Bonchev–Trinajstić information content (AvgIpc) is 3.23. The van der Waals surface area contributed by atoms with Gasteiger partial charge in [-0.1, -0.05) is 36.4 Å². The lowest BCUT2D eigenvalue weighted by Crippen LogP contribution is -1.92. The predicted octanol–water partition coefficient (Wildman–Crippen LogP) is 4.35. The number of hydrogen-bond acceptors (Lipinski definition) is 1. The second-order valence-electron chi connectivity index (χ2n) is 5.05. The maximum Gasteiger partial charge on any atom is 0.150 e. The molecule has 0 radical (unpaired) electrons. The Bertz CT molecular complexity index is 594. The lowest BCUT2D eigenvalue weighted by Gasteiger charge is -2.12. The van der Waals surface area contributed by atoms with Gasteiger partial charge in [0.25, 0.3) is 0 Å². The summed E-state index contributed by atoms with van der Waals surface area (Å²) in [4.78, 5) is 11.0. The monoisotopic (exact) mass is 236 g/mol. The van der Waals surface area contributed by atoms with Gasteiger partial charge in [-0.3, -0.25) is 4.79 Å². The van der Waals surface area contributed by atoms with Gasteiger partial charge >= 0.3 is 0 Å². The molecule has 2 aromatic rings. The second-order valence-corrected chi connectivity index (χ2v) is 5.05. The van der Waals surface area contributed by atoms with Crippen LogP contribution in [0.4, 0.5) is 0 Å². The van der Waals surface area contributed by atoms with Crippen molar-refractivity contribution in [3.05, 3.63) is 59.2 Å². The minimum absolute atomic E-state index is 0.695. The Morgan fingerprint density at radius 3 is 2.50 bits per heavy atom. The van der Waals surface area contributed by atoms with Gasteiger partial charge in [0.2, 0.25) is 0 Å². The van der Waals surface area contributed by atoms with Gasteiger partial charge in [0.1, 0.15) is 6.29 Å². The van der Waals surface area contributed by atoms with E-state index < -0.39 is 0 Å². The summed E-state index contributed by atoms with van der Waals surface area (Å²) in [5, 5.41) is 0. The molecule has 0 spiro atoms. The zero-order valence-electron chi connectivity index (χ0n) is 10.5. The van der Waals surface area contributed by atoms with Crippen LogP contribution < -0.4 is 0 Å². The molecule has 1 heteroatoms. The van der Waals surface area contributed by atoms with Crippen LogP contribution in [0.3, 0.4) is 0 Å². The fourth-order valence-electron chi connectivity index (χ4n) is 2.51. The highest BCUT2D eigenvalue weighted by Gasteiger charge is 2.26. The first kappa shape index (κ1) is 11.2. The molecule has 0 aliphatic heterocycles. The summed E-state index contributed by atoms with van der Waals surface area (Å²) in [5.41, 5.74) is 5.92. The van der Waals surface area contributed by atoms with E-state index in [0.29, 0.717) is 5.92 Å². The first-order chi connectivity index (χ1) is 8.79. The van der Waals surface area contributed by atoms with Crippen molar-refractivity contribution in [1.82, 2.24) is 0 Å². The predicted molar refractivity (Wildman–Crippen MR) is 74.0 cm³/mol. The van der Waals surface area contributed by atoms with E-state index in [4.69, 9.17) is 0 Å². The summed E-state index contributed by atoms with van der Waals surface area (Å²) in [6, 6.07) is 14.5. The smallest absolute Gasteiger partial charge is 0.150 e. The molecule has 90 valence electrons. The third-order valence-electron chi connectivity index (χ3n) is 3.67. The van der Waals surface area contributed by atoms with Crippen molar-refractivity contribution in [1.29, 1.82) is 0 Å². The van der Waals surface area contributed by atoms with Crippen LogP contribution in [-0.4, -0.2) is 6.29 Å². The molecule has 1 nitrogen and oxygen atoms in total. The molecule has 0 unspecified atom stereocenters. The SMILES string of the molecule is Cc1ccccc1-c1cc(C=O)ccc1C1CC1. The van der Waals surface area contributed by atoms with E-state index in [2.05, 4.69) is 37.3 Å². The van der Waals surface area contributed by atoms with Gasteiger partial charge in [-0.15, -0.1) is 0 Å². The molecule has 0 bridgehead atoms. The number of hydrogen-bond donors (Lipinski definition) is 0. The zero-order chi connectivity index (χ0) is 12.5. The molecule has 1 fully saturated rings. The summed E-state index contributed by atoms with van der Waals surface area (Å²) < 4.78 is 0. The number of aryl methyl sites for hydroxylation is 1. The van der Waals surface area contributed by atoms with Crippen molar-refractivity contribution >= 4 is 6.29 Å². The van der Waals surface area contributed by atoms with E-state index >= 15 is 0 Å². The Morgan fingerprint density at radius 2 is 1.83 bits per heavy atom. The number of carbonyl (C=O) groups excluding carboxylic acids is 1. The molecule has 0 heterocycles. The summed E-state index contributed by atoms with van der Waals surface area (Å²) in [7, 11) is 0. The molecule has 2 aromatic carbocycles. The van der Waals surface area contributed by atoms with Crippen LogP contribution in [-0.2, 0) is 0 Å². The summed E-state index contributed by atoms with van der Waals surface area (Å²) in [6.45, 7) is 2.12. The normalized spacial score (nSPS) is 14.5. The van der Waals surface area contributed by atoms with Gasteiger partial charge in [0.05, 0.1) is 0 Å². The molecule has 0 saturated heterocycles. The van der Waals surface area contributed by atoms with Crippen molar-refractivity contribution in [2.24, 2.45) is 0 Å². The maximum absolute atomic E-state index is 11.0. The summed E-state index contributed by atoms with van der Waals surface area (Å²) >= 11 is 0. The van der Waals surface area contributed by atoms with E-state index in [0.717, 1.165) is 11.8 Å². The van der Waals surface area contributed by atoms with Gasteiger partial charge in [0.15, 0.2) is 0 Å². The minimum Gasteiger partial charge on any atom is -0.298 e.